The molecule has 1 atom stereocenters. The number of hydrogen-bond donors (Lipinski definition) is 1. The Morgan fingerprint density at radius 1 is 1.21 bits per heavy atom. The van der Waals surface area contributed by atoms with E-state index in [1.165, 1.54) is 16.8 Å². The lowest BCUT2D eigenvalue weighted by Crippen LogP contribution is -2.48. The summed E-state index contributed by atoms with van der Waals surface area (Å²) in [6.45, 7) is 11.0. The van der Waals surface area contributed by atoms with Crippen LogP contribution in [0.4, 0.5) is 5.69 Å². The monoisotopic (exact) mass is 327 g/mol. The van der Waals surface area contributed by atoms with Gasteiger partial charge in [-0.2, -0.15) is 5.10 Å². The van der Waals surface area contributed by atoms with Crippen molar-refractivity contribution in [2.24, 2.45) is 7.05 Å². The molecule has 1 unspecified atom stereocenters. The lowest BCUT2D eigenvalue weighted by atomic mass is 10.2. The van der Waals surface area contributed by atoms with Gasteiger partial charge in [0, 0.05) is 69.8 Å². The van der Waals surface area contributed by atoms with Crippen LogP contribution in [-0.2, 0) is 7.05 Å². The van der Waals surface area contributed by atoms with Gasteiger partial charge >= 0.3 is 0 Å². The molecule has 5 heteroatoms. The first-order valence-corrected chi connectivity index (χ1v) is 8.88. The van der Waals surface area contributed by atoms with E-state index in [-0.39, 0.29) is 0 Å². The Balaban J connectivity index is 1.39. The minimum Gasteiger partial charge on any atom is -0.369 e. The van der Waals surface area contributed by atoms with Crippen LogP contribution in [0.15, 0.2) is 36.7 Å². The molecular formula is C19H29N5. The highest BCUT2D eigenvalue weighted by atomic mass is 15.3. The largest absolute Gasteiger partial charge is 0.369 e. The first-order chi connectivity index (χ1) is 11.6. The molecule has 130 valence electrons. The van der Waals surface area contributed by atoms with Crippen molar-refractivity contribution < 1.29 is 0 Å². The van der Waals surface area contributed by atoms with Crippen molar-refractivity contribution >= 4 is 5.69 Å². The predicted molar refractivity (Wildman–Crippen MR) is 99.5 cm³/mol. The van der Waals surface area contributed by atoms with Gasteiger partial charge in [0.05, 0.1) is 6.20 Å². The molecule has 2 aromatic rings. The van der Waals surface area contributed by atoms with E-state index in [4.69, 9.17) is 0 Å². The van der Waals surface area contributed by atoms with Crippen LogP contribution in [-0.4, -0.2) is 53.9 Å². The molecule has 2 heterocycles. The number of hydrogen-bond acceptors (Lipinski definition) is 4. The number of aryl methyl sites for hydroxylation is 2. The Labute approximate surface area is 145 Å². The molecule has 1 aromatic heterocycles. The Morgan fingerprint density at radius 2 is 2.00 bits per heavy atom. The van der Waals surface area contributed by atoms with Crippen LogP contribution in [0.5, 0.6) is 0 Å². The van der Waals surface area contributed by atoms with Crippen LogP contribution in [0, 0.1) is 6.92 Å². The van der Waals surface area contributed by atoms with Crippen LogP contribution in [0.2, 0.25) is 0 Å². The highest BCUT2D eigenvalue weighted by Gasteiger charge is 2.17. The maximum Gasteiger partial charge on any atom is 0.0537 e. The maximum absolute atomic E-state index is 4.24. The van der Waals surface area contributed by atoms with Gasteiger partial charge < -0.3 is 10.2 Å². The number of aromatic nitrogens is 2. The van der Waals surface area contributed by atoms with E-state index in [2.05, 4.69) is 64.5 Å². The molecule has 5 nitrogen and oxygen atoms in total. The van der Waals surface area contributed by atoms with Gasteiger partial charge in [-0.05, 0) is 31.5 Å². The molecule has 1 saturated heterocycles. The molecule has 24 heavy (non-hydrogen) atoms. The Bertz CT molecular complexity index is 643. The molecule has 3 rings (SSSR count). The third-order valence-electron chi connectivity index (χ3n) is 4.84. The second-order valence-corrected chi connectivity index (χ2v) is 6.79. The number of anilines is 1. The summed E-state index contributed by atoms with van der Waals surface area (Å²) in [6.07, 6.45) is 4.02. The van der Waals surface area contributed by atoms with Crippen LogP contribution in [0.25, 0.3) is 0 Å². The summed E-state index contributed by atoms with van der Waals surface area (Å²) >= 11 is 0. The second-order valence-electron chi connectivity index (χ2n) is 6.79. The zero-order valence-electron chi connectivity index (χ0n) is 15.1. The van der Waals surface area contributed by atoms with Gasteiger partial charge in [0.25, 0.3) is 0 Å². The van der Waals surface area contributed by atoms with Gasteiger partial charge in [0.15, 0.2) is 0 Å². The summed E-state index contributed by atoms with van der Waals surface area (Å²) in [4.78, 5) is 5.05. The zero-order valence-corrected chi connectivity index (χ0v) is 15.1. The molecule has 0 aliphatic carbocycles. The summed E-state index contributed by atoms with van der Waals surface area (Å²) in [7, 11) is 1.96. The topological polar surface area (TPSA) is 36.3 Å². The maximum atomic E-state index is 4.24. The molecule has 1 aromatic carbocycles. The number of nitrogens with one attached hydrogen (secondary N) is 1. The van der Waals surface area contributed by atoms with E-state index in [9.17, 15) is 0 Å². The standard InChI is InChI=1S/C19H29N5/c1-16-5-4-6-19(13-16)24-11-9-23(10-12-24)8-7-20-17(2)18-14-21-22(3)15-18/h4-6,13-15,17,20H,7-12H2,1-3H3. The number of rotatable bonds is 6. The first kappa shape index (κ1) is 17.0. The van der Waals surface area contributed by atoms with E-state index in [1.807, 2.05) is 17.9 Å². The summed E-state index contributed by atoms with van der Waals surface area (Å²) in [5.41, 5.74) is 3.95. The van der Waals surface area contributed by atoms with Crippen LogP contribution in [0.3, 0.4) is 0 Å². The number of piperazine rings is 1. The van der Waals surface area contributed by atoms with E-state index in [0.29, 0.717) is 6.04 Å². The van der Waals surface area contributed by atoms with Crippen molar-refractivity contribution in [2.75, 3.05) is 44.2 Å². The zero-order chi connectivity index (χ0) is 16.9. The summed E-state index contributed by atoms with van der Waals surface area (Å²) < 4.78 is 1.86. The van der Waals surface area contributed by atoms with E-state index >= 15 is 0 Å². The highest BCUT2D eigenvalue weighted by Crippen LogP contribution is 2.17. The number of nitrogens with zero attached hydrogens (tertiary/aromatic N) is 4. The molecule has 1 aliphatic rings. The molecule has 0 radical (unpaired) electrons. The molecule has 0 bridgehead atoms. The normalized spacial score (nSPS) is 17.2. The third-order valence-corrected chi connectivity index (χ3v) is 4.84. The second kappa shape index (κ2) is 7.81. The van der Waals surface area contributed by atoms with Gasteiger partial charge in [-0.15, -0.1) is 0 Å². The van der Waals surface area contributed by atoms with Crippen molar-refractivity contribution in [2.45, 2.75) is 19.9 Å². The third kappa shape index (κ3) is 4.36. The van der Waals surface area contributed by atoms with E-state index in [1.54, 1.807) is 0 Å². The molecule has 1 N–H and O–H groups in total. The summed E-state index contributed by atoms with van der Waals surface area (Å²) in [6, 6.07) is 9.18. The van der Waals surface area contributed by atoms with Crippen molar-refractivity contribution in [3.8, 4) is 0 Å². The van der Waals surface area contributed by atoms with Crippen LogP contribution in [0.1, 0.15) is 24.1 Å². The fourth-order valence-electron chi connectivity index (χ4n) is 3.28. The van der Waals surface area contributed by atoms with Crippen molar-refractivity contribution in [3.63, 3.8) is 0 Å². The molecule has 1 aliphatic heterocycles. The summed E-state index contributed by atoms with van der Waals surface area (Å²) in [5, 5.41) is 7.84. The minimum absolute atomic E-state index is 0.354. The first-order valence-electron chi connectivity index (χ1n) is 8.88. The number of benzene rings is 1. The lowest BCUT2D eigenvalue weighted by molar-refractivity contribution is 0.255. The van der Waals surface area contributed by atoms with Crippen molar-refractivity contribution in [3.05, 3.63) is 47.8 Å². The smallest absolute Gasteiger partial charge is 0.0537 e. The van der Waals surface area contributed by atoms with Crippen molar-refractivity contribution in [1.29, 1.82) is 0 Å². The Hall–Kier alpha value is -1.85. The average molecular weight is 327 g/mol. The van der Waals surface area contributed by atoms with Crippen molar-refractivity contribution in [1.82, 2.24) is 20.0 Å². The van der Waals surface area contributed by atoms with Crippen LogP contribution < -0.4 is 10.2 Å². The highest BCUT2D eigenvalue weighted by molar-refractivity contribution is 5.48. The van der Waals surface area contributed by atoms with Crippen LogP contribution >= 0.6 is 0 Å². The molecule has 0 spiro atoms. The molecule has 0 saturated carbocycles. The van der Waals surface area contributed by atoms with Gasteiger partial charge in [0.1, 0.15) is 0 Å². The summed E-state index contributed by atoms with van der Waals surface area (Å²) in [5.74, 6) is 0. The van der Waals surface area contributed by atoms with E-state index in [0.717, 1.165) is 39.3 Å². The lowest BCUT2D eigenvalue weighted by Gasteiger charge is -2.36. The predicted octanol–water partition coefficient (Wildman–Crippen LogP) is 2.20. The van der Waals surface area contributed by atoms with Gasteiger partial charge in [0.2, 0.25) is 0 Å². The minimum atomic E-state index is 0.354. The van der Waals surface area contributed by atoms with E-state index < -0.39 is 0 Å². The van der Waals surface area contributed by atoms with Gasteiger partial charge in [-0.1, -0.05) is 12.1 Å². The Kier molecular flexibility index (Phi) is 5.53. The quantitative estimate of drug-likeness (QED) is 0.882. The fourth-order valence-corrected chi connectivity index (χ4v) is 3.28. The SMILES string of the molecule is Cc1cccc(N2CCN(CCNC(C)c3cnn(C)c3)CC2)c1. The average Bonchev–Trinajstić information content (AvgIpc) is 3.02. The van der Waals surface area contributed by atoms with Gasteiger partial charge in [-0.3, -0.25) is 9.58 Å². The Morgan fingerprint density at radius 3 is 2.67 bits per heavy atom. The fraction of sp³-hybridized carbons (Fsp3) is 0.526. The molecule has 0 amide bonds. The molecular weight excluding hydrogens is 298 g/mol. The van der Waals surface area contributed by atoms with Gasteiger partial charge in [-0.25, -0.2) is 0 Å². The molecule has 1 fully saturated rings.